The second kappa shape index (κ2) is 5.80. The highest BCUT2D eigenvalue weighted by Crippen LogP contribution is 2.09. The Labute approximate surface area is 96.5 Å². The SMILES string of the molecule is CCC(C)NCc1cc(C(C)C)n[nH]c1=O. The summed E-state index contributed by atoms with van der Waals surface area (Å²) in [7, 11) is 0. The van der Waals surface area contributed by atoms with Crippen molar-refractivity contribution in [3.05, 3.63) is 27.7 Å². The van der Waals surface area contributed by atoms with E-state index in [1.54, 1.807) is 0 Å². The highest BCUT2D eigenvalue weighted by molar-refractivity contribution is 5.15. The molecule has 2 N–H and O–H groups in total. The van der Waals surface area contributed by atoms with E-state index in [2.05, 4.69) is 43.2 Å². The van der Waals surface area contributed by atoms with Gasteiger partial charge in [-0.3, -0.25) is 4.79 Å². The van der Waals surface area contributed by atoms with E-state index >= 15 is 0 Å². The third kappa shape index (κ3) is 3.45. The Morgan fingerprint density at radius 2 is 2.12 bits per heavy atom. The molecule has 0 aliphatic rings. The molecule has 1 heterocycles. The van der Waals surface area contributed by atoms with Gasteiger partial charge in [0.15, 0.2) is 0 Å². The van der Waals surface area contributed by atoms with Crippen LogP contribution in [0.15, 0.2) is 10.9 Å². The van der Waals surface area contributed by atoms with E-state index in [1.165, 1.54) is 0 Å². The van der Waals surface area contributed by atoms with Gasteiger partial charge in [0.05, 0.1) is 5.69 Å². The summed E-state index contributed by atoms with van der Waals surface area (Å²) in [5, 5.41) is 9.87. The van der Waals surface area contributed by atoms with Gasteiger partial charge in [-0.2, -0.15) is 5.10 Å². The predicted molar refractivity (Wildman–Crippen MR) is 65.5 cm³/mol. The lowest BCUT2D eigenvalue weighted by molar-refractivity contribution is 0.530. The van der Waals surface area contributed by atoms with E-state index in [0.717, 1.165) is 17.7 Å². The standard InChI is InChI=1S/C12H21N3O/c1-5-9(4)13-7-10-6-11(8(2)3)14-15-12(10)16/h6,8-9,13H,5,7H2,1-4H3,(H,15,16). The number of hydrogen-bond donors (Lipinski definition) is 2. The maximum atomic E-state index is 11.5. The number of nitrogens with zero attached hydrogens (tertiary/aromatic N) is 1. The molecule has 1 aromatic rings. The van der Waals surface area contributed by atoms with Gasteiger partial charge in [-0.15, -0.1) is 0 Å². The number of aromatic amines is 1. The topological polar surface area (TPSA) is 57.8 Å². The molecule has 0 aromatic carbocycles. The zero-order valence-electron chi connectivity index (χ0n) is 10.5. The Kier molecular flexibility index (Phi) is 4.68. The first kappa shape index (κ1) is 12.9. The maximum absolute atomic E-state index is 11.5. The van der Waals surface area contributed by atoms with Crippen LogP contribution in [0.1, 0.15) is 51.3 Å². The van der Waals surface area contributed by atoms with Crippen molar-refractivity contribution in [3.8, 4) is 0 Å². The van der Waals surface area contributed by atoms with Gasteiger partial charge in [0.25, 0.3) is 5.56 Å². The minimum absolute atomic E-state index is 0.0970. The fourth-order valence-electron chi connectivity index (χ4n) is 1.32. The van der Waals surface area contributed by atoms with Crippen molar-refractivity contribution in [3.63, 3.8) is 0 Å². The summed E-state index contributed by atoms with van der Waals surface area (Å²) < 4.78 is 0. The highest BCUT2D eigenvalue weighted by Gasteiger charge is 2.07. The van der Waals surface area contributed by atoms with Crippen LogP contribution in [0.2, 0.25) is 0 Å². The average molecular weight is 223 g/mol. The molecule has 16 heavy (non-hydrogen) atoms. The monoisotopic (exact) mass is 223 g/mol. The van der Waals surface area contributed by atoms with E-state index in [4.69, 9.17) is 0 Å². The van der Waals surface area contributed by atoms with Crippen molar-refractivity contribution in [1.29, 1.82) is 0 Å². The van der Waals surface area contributed by atoms with Crippen LogP contribution >= 0.6 is 0 Å². The van der Waals surface area contributed by atoms with Crippen LogP contribution in [-0.2, 0) is 6.54 Å². The van der Waals surface area contributed by atoms with Gasteiger partial charge in [0.1, 0.15) is 0 Å². The lowest BCUT2D eigenvalue weighted by Gasteiger charge is -2.11. The number of hydrogen-bond acceptors (Lipinski definition) is 3. The van der Waals surface area contributed by atoms with Crippen molar-refractivity contribution in [2.24, 2.45) is 0 Å². The van der Waals surface area contributed by atoms with Crippen molar-refractivity contribution < 1.29 is 0 Å². The Morgan fingerprint density at radius 1 is 1.44 bits per heavy atom. The minimum Gasteiger partial charge on any atom is -0.310 e. The molecule has 0 bridgehead atoms. The molecule has 0 radical (unpaired) electrons. The second-order valence-corrected chi connectivity index (χ2v) is 4.49. The fourth-order valence-corrected chi connectivity index (χ4v) is 1.32. The first-order valence-electron chi connectivity index (χ1n) is 5.86. The molecule has 4 heteroatoms. The number of rotatable bonds is 5. The van der Waals surface area contributed by atoms with Gasteiger partial charge >= 0.3 is 0 Å². The summed E-state index contributed by atoms with van der Waals surface area (Å²) in [6, 6.07) is 2.31. The van der Waals surface area contributed by atoms with E-state index < -0.39 is 0 Å². The predicted octanol–water partition coefficient (Wildman–Crippen LogP) is 1.78. The first-order chi connectivity index (χ1) is 7.54. The van der Waals surface area contributed by atoms with E-state index in [0.29, 0.717) is 18.5 Å². The Bertz CT molecular complexity index is 384. The summed E-state index contributed by atoms with van der Waals surface area (Å²) >= 11 is 0. The maximum Gasteiger partial charge on any atom is 0.268 e. The van der Waals surface area contributed by atoms with Gasteiger partial charge in [-0.05, 0) is 25.3 Å². The van der Waals surface area contributed by atoms with E-state index in [9.17, 15) is 4.79 Å². The molecule has 0 fully saturated rings. The van der Waals surface area contributed by atoms with Gasteiger partial charge in [0.2, 0.25) is 0 Å². The Morgan fingerprint density at radius 3 is 2.69 bits per heavy atom. The molecular weight excluding hydrogens is 202 g/mol. The fraction of sp³-hybridized carbons (Fsp3) is 0.667. The highest BCUT2D eigenvalue weighted by atomic mass is 16.1. The number of aromatic nitrogens is 2. The van der Waals surface area contributed by atoms with Crippen molar-refractivity contribution in [2.75, 3.05) is 0 Å². The average Bonchev–Trinajstić information content (AvgIpc) is 2.27. The zero-order valence-corrected chi connectivity index (χ0v) is 10.5. The van der Waals surface area contributed by atoms with Gasteiger partial charge in [-0.25, -0.2) is 5.10 Å². The summed E-state index contributed by atoms with van der Waals surface area (Å²) in [4.78, 5) is 11.5. The Hall–Kier alpha value is -1.16. The van der Waals surface area contributed by atoms with Crippen LogP contribution in [0.5, 0.6) is 0 Å². The first-order valence-corrected chi connectivity index (χ1v) is 5.86. The molecule has 1 unspecified atom stereocenters. The molecule has 0 spiro atoms. The molecule has 0 saturated carbocycles. The van der Waals surface area contributed by atoms with Crippen LogP contribution in [0.25, 0.3) is 0 Å². The summed E-state index contributed by atoms with van der Waals surface area (Å²) in [6.07, 6.45) is 1.06. The second-order valence-electron chi connectivity index (χ2n) is 4.49. The van der Waals surface area contributed by atoms with Crippen molar-refractivity contribution in [1.82, 2.24) is 15.5 Å². The zero-order chi connectivity index (χ0) is 12.1. The minimum atomic E-state index is -0.0970. The van der Waals surface area contributed by atoms with Crippen LogP contribution in [0, 0.1) is 0 Å². The normalized spacial score (nSPS) is 13.1. The Balaban J connectivity index is 2.78. The molecule has 0 saturated heterocycles. The summed E-state index contributed by atoms with van der Waals surface area (Å²) in [5.41, 5.74) is 1.60. The largest absolute Gasteiger partial charge is 0.310 e. The van der Waals surface area contributed by atoms with Crippen LogP contribution in [0.4, 0.5) is 0 Å². The smallest absolute Gasteiger partial charge is 0.268 e. The van der Waals surface area contributed by atoms with Gasteiger partial charge < -0.3 is 5.32 Å². The molecular formula is C12H21N3O. The number of H-pyrrole nitrogens is 1. The van der Waals surface area contributed by atoms with Crippen molar-refractivity contribution >= 4 is 0 Å². The van der Waals surface area contributed by atoms with Crippen LogP contribution in [-0.4, -0.2) is 16.2 Å². The lowest BCUT2D eigenvalue weighted by atomic mass is 10.1. The quantitative estimate of drug-likeness (QED) is 0.800. The molecule has 0 amide bonds. The number of nitrogens with one attached hydrogen (secondary N) is 2. The molecule has 0 aliphatic carbocycles. The van der Waals surface area contributed by atoms with E-state index in [1.807, 2.05) is 6.07 Å². The third-order valence-corrected chi connectivity index (χ3v) is 2.75. The summed E-state index contributed by atoms with van der Waals surface area (Å²) in [5.74, 6) is 0.333. The summed E-state index contributed by atoms with van der Waals surface area (Å²) in [6.45, 7) is 8.96. The van der Waals surface area contributed by atoms with Gasteiger partial charge in [-0.1, -0.05) is 20.8 Å². The molecule has 1 atom stereocenters. The molecule has 1 rings (SSSR count). The van der Waals surface area contributed by atoms with E-state index in [-0.39, 0.29) is 5.56 Å². The van der Waals surface area contributed by atoms with Crippen LogP contribution < -0.4 is 10.9 Å². The lowest BCUT2D eigenvalue weighted by Crippen LogP contribution is -2.28. The van der Waals surface area contributed by atoms with Crippen molar-refractivity contribution in [2.45, 2.75) is 52.6 Å². The third-order valence-electron chi connectivity index (χ3n) is 2.75. The molecule has 1 aromatic heterocycles. The molecule has 0 aliphatic heterocycles. The molecule has 90 valence electrons. The van der Waals surface area contributed by atoms with Gasteiger partial charge in [0, 0.05) is 18.2 Å². The molecule has 4 nitrogen and oxygen atoms in total. The van der Waals surface area contributed by atoms with Crippen LogP contribution in [0.3, 0.4) is 0 Å².